The van der Waals surface area contributed by atoms with Gasteiger partial charge in [-0.2, -0.15) is 5.10 Å². The Morgan fingerprint density at radius 2 is 2.35 bits per heavy atom. The van der Waals surface area contributed by atoms with E-state index in [0.29, 0.717) is 18.7 Å². The Hall–Kier alpha value is -1.47. The fraction of sp³-hybridized carbons (Fsp3) is 0.462. The zero-order valence-electron chi connectivity index (χ0n) is 11.1. The number of halogens is 1. The van der Waals surface area contributed by atoms with Gasteiger partial charge in [0, 0.05) is 30.8 Å². The van der Waals surface area contributed by atoms with Crippen molar-refractivity contribution in [2.45, 2.75) is 19.1 Å². The third kappa shape index (κ3) is 2.43. The highest BCUT2D eigenvalue weighted by molar-refractivity contribution is 9.09. The summed E-state index contributed by atoms with van der Waals surface area (Å²) < 4.78 is 7.41. The smallest absolute Gasteiger partial charge is 0.257 e. The highest BCUT2D eigenvalue weighted by Gasteiger charge is 2.29. The van der Waals surface area contributed by atoms with Gasteiger partial charge in [-0.1, -0.05) is 15.9 Å². The first kappa shape index (κ1) is 13.5. The molecule has 3 heterocycles. The summed E-state index contributed by atoms with van der Waals surface area (Å²) in [6.45, 7) is 3.17. The summed E-state index contributed by atoms with van der Waals surface area (Å²) in [5.41, 5.74) is 1.31. The number of carbonyl (C=O) groups is 1. The lowest BCUT2D eigenvalue weighted by molar-refractivity contribution is -0.0559. The van der Waals surface area contributed by atoms with E-state index in [2.05, 4.69) is 26.0 Å². The molecule has 1 aliphatic heterocycles. The third-order valence-corrected chi connectivity index (χ3v) is 4.06. The van der Waals surface area contributed by atoms with Crippen molar-refractivity contribution in [3.8, 4) is 0 Å². The van der Waals surface area contributed by atoms with Crippen LogP contribution in [-0.2, 0) is 4.74 Å². The van der Waals surface area contributed by atoms with E-state index >= 15 is 0 Å². The van der Waals surface area contributed by atoms with Crippen LogP contribution in [0.5, 0.6) is 0 Å². The van der Waals surface area contributed by atoms with Gasteiger partial charge in [0.15, 0.2) is 0 Å². The SMILES string of the molecule is CC1CN(C(=O)c2cnn3ccncc23)CC(CBr)O1. The van der Waals surface area contributed by atoms with Gasteiger partial charge in [0.05, 0.1) is 35.7 Å². The monoisotopic (exact) mass is 338 g/mol. The topological polar surface area (TPSA) is 59.7 Å². The molecule has 2 aromatic heterocycles. The molecule has 0 radical (unpaired) electrons. The summed E-state index contributed by atoms with van der Waals surface area (Å²) in [5, 5.41) is 4.90. The number of fused-ring (bicyclic) bond motifs is 1. The van der Waals surface area contributed by atoms with Gasteiger partial charge in [-0.05, 0) is 6.92 Å². The van der Waals surface area contributed by atoms with Gasteiger partial charge in [0.2, 0.25) is 0 Å². The Morgan fingerprint density at radius 3 is 3.15 bits per heavy atom. The summed E-state index contributed by atoms with van der Waals surface area (Å²) in [6, 6.07) is 0. The maximum Gasteiger partial charge on any atom is 0.257 e. The molecule has 2 aromatic rings. The van der Waals surface area contributed by atoms with Crippen molar-refractivity contribution in [2.75, 3.05) is 18.4 Å². The van der Waals surface area contributed by atoms with Crippen molar-refractivity contribution in [3.05, 3.63) is 30.4 Å². The Bertz CT molecular complexity index is 630. The van der Waals surface area contributed by atoms with Crippen molar-refractivity contribution >= 4 is 27.4 Å². The molecule has 0 spiro atoms. The van der Waals surface area contributed by atoms with E-state index in [1.807, 2.05) is 11.8 Å². The van der Waals surface area contributed by atoms with Crippen molar-refractivity contribution in [2.24, 2.45) is 0 Å². The number of nitrogens with zero attached hydrogens (tertiary/aromatic N) is 4. The third-order valence-electron chi connectivity index (χ3n) is 3.34. The van der Waals surface area contributed by atoms with E-state index in [-0.39, 0.29) is 18.1 Å². The average Bonchev–Trinajstić information content (AvgIpc) is 2.89. The Kier molecular flexibility index (Phi) is 3.71. The van der Waals surface area contributed by atoms with Crippen molar-refractivity contribution in [3.63, 3.8) is 0 Å². The number of rotatable bonds is 2. The Labute approximate surface area is 124 Å². The maximum absolute atomic E-state index is 12.7. The highest BCUT2D eigenvalue weighted by atomic mass is 79.9. The van der Waals surface area contributed by atoms with Gasteiger partial charge in [-0.25, -0.2) is 4.52 Å². The first-order valence-corrected chi connectivity index (χ1v) is 7.59. The molecule has 0 N–H and O–H groups in total. The summed E-state index contributed by atoms with van der Waals surface area (Å²) in [6.07, 6.45) is 6.70. The standard InChI is InChI=1S/C13H15BrN4O2/c1-9-7-17(8-10(4-14)20-9)13(19)11-5-16-18-3-2-15-6-12(11)18/h2-3,5-6,9-10H,4,7-8H2,1H3. The number of aromatic nitrogens is 3. The minimum Gasteiger partial charge on any atom is -0.371 e. The highest BCUT2D eigenvalue weighted by Crippen LogP contribution is 2.18. The van der Waals surface area contributed by atoms with Crippen LogP contribution in [0.1, 0.15) is 17.3 Å². The van der Waals surface area contributed by atoms with Gasteiger partial charge >= 0.3 is 0 Å². The van der Waals surface area contributed by atoms with E-state index in [1.54, 1.807) is 29.3 Å². The average molecular weight is 339 g/mol. The van der Waals surface area contributed by atoms with E-state index in [9.17, 15) is 4.79 Å². The van der Waals surface area contributed by atoms with E-state index in [0.717, 1.165) is 10.8 Å². The van der Waals surface area contributed by atoms with Crippen LogP contribution in [0, 0.1) is 0 Å². The number of carbonyl (C=O) groups excluding carboxylic acids is 1. The summed E-state index contributed by atoms with van der Waals surface area (Å²) >= 11 is 3.41. The molecule has 7 heteroatoms. The van der Waals surface area contributed by atoms with Crippen molar-refractivity contribution in [1.82, 2.24) is 19.5 Å². The van der Waals surface area contributed by atoms with Crippen LogP contribution < -0.4 is 0 Å². The number of alkyl halides is 1. The molecule has 0 aliphatic carbocycles. The van der Waals surface area contributed by atoms with Crippen LogP contribution in [0.4, 0.5) is 0 Å². The molecular weight excluding hydrogens is 324 g/mol. The van der Waals surface area contributed by atoms with Crippen LogP contribution in [0.25, 0.3) is 5.52 Å². The lowest BCUT2D eigenvalue weighted by atomic mass is 10.2. The largest absolute Gasteiger partial charge is 0.371 e. The number of morpholine rings is 1. The minimum absolute atomic E-state index is 0.0194. The quantitative estimate of drug-likeness (QED) is 0.775. The number of amides is 1. The van der Waals surface area contributed by atoms with Gasteiger partial charge in [0.25, 0.3) is 5.91 Å². The molecule has 3 rings (SSSR count). The number of hydrogen-bond acceptors (Lipinski definition) is 4. The number of hydrogen-bond donors (Lipinski definition) is 0. The zero-order valence-corrected chi connectivity index (χ0v) is 12.7. The molecule has 0 saturated carbocycles. The molecule has 2 atom stereocenters. The predicted molar refractivity (Wildman–Crippen MR) is 77.0 cm³/mol. The zero-order chi connectivity index (χ0) is 14.1. The molecule has 1 aliphatic rings. The lowest BCUT2D eigenvalue weighted by Crippen LogP contribution is -2.49. The van der Waals surface area contributed by atoms with Crippen LogP contribution in [0.2, 0.25) is 0 Å². The van der Waals surface area contributed by atoms with Crippen LogP contribution in [0.15, 0.2) is 24.8 Å². The summed E-state index contributed by atoms with van der Waals surface area (Å²) in [4.78, 5) is 18.5. The second kappa shape index (κ2) is 5.49. The first-order valence-electron chi connectivity index (χ1n) is 6.47. The van der Waals surface area contributed by atoms with Crippen LogP contribution >= 0.6 is 15.9 Å². The maximum atomic E-state index is 12.7. The number of ether oxygens (including phenoxy) is 1. The van der Waals surface area contributed by atoms with Crippen molar-refractivity contribution < 1.29 is 9.53 Å². The Balaban J connectivity index is 1.88. The molecule has 1 amide bonds. The molecule has 1 fully saturated rings. The van der Waals surface area contributed by atoms with E-state index in [1.165, 1.54) is 0 Å². The minimum atomic E-state index is -0.0194. The molecule has 2 unspecified atom stereocenters. The van der Waals surface area contributed by atoms with Crippen LogP contribution in [0.3, 0.4) is 0 Å². The van der Waals surface area contributed by atoms with Gasteiger partial charge < -0.3 is 9.64 Å². The Morgan fingerprint density at radius 1 is 1.50 bits per heavy atom. The van der Waals surface area contributed by atoms with E-state index in [4.69, 9.17) is 4.74 Å². The molecule has 0 aromatic carbocycles. The lowest BCUT2D eigenvalue weighted by Gasteiger charge is -2.36. The van der Waals surface area contributed by atoms with Gasteiger partial charge in [-0.15, -0.1) is 0 Å². The molecule has 106 valence electrons. The second-order valence-electron chi connectivity index (χ2n) is 4.90. The molecule has 6 nitrogen and oxygen atoms in total. The van der Waals surface area contributed by atoms with Crippen LogP contribution in [-0.4, -0.2) is 56.0 Å². The fourth-order valence-corrected chi connectivity index (χ4v) is 2.82. The molecular formula is C13H15BrN4O2. The molecule has 0 bridgehead atoms. The predicted octanol–water partition coefficient (Wildman–Crippen LogP) is 1.35. The van der Waals surface area contributed by atoms with E-state index < -0.39 is 0 Å². The van der Waals surface area contributed by atoms with Crippen molar-refractivity contribution in [1.29, 1.82) is 0 Å². The second-order valence-corrected chi connectivity index (χ2v) is 5.54. The van der Waals surface area contributed by atoms with Gasteiger partial charge in [-0.3, -0.25) is 9.78 Å². The first-order chi connectivity index (χ1) is 9.69. The molecule has 1 saturated heterocycles. The summed E-state index contributed by atoms with van der Waals surface area (Å²) in [7, 11) is 0. The molecule has 20 heavy (non-hydrogen) atoms. The normalized spacial score (nSPS) is 23.2. The fourth-order valence-electron chi connectivity index (χ4n) is 2.47. The summed E-state index contributed by atoms with van der Waals surface area (Å²) in [5.74, 6) is -0.0194. The van der Waals surface area contributed by atoms with Gasteiger partial charge in [0.1, 0.15) is 0 Å².